The van der Waals surface area contributed by atoms with E-state index in [9.17, 15) is 9.59 Å². The molecule has 2 N–H and O–H groups in total. The summed E-state index contributed by atoms with van der Waals surface area (Å²) in [4.78, 5) is 22.9. The lowest BCUT2D eigenvalue weighted by Crippen LogP contribution is -2.18. The van der Waals surface area contributed by atoms with Crippen molar-refractivity contribution in [2.24, 2.45) is 5.73 Å². The molecule has 0 saturated heterocycles. The van der Waals surface area contributed by atoms with Crippen molar-refractivity contribution in [1.82, 2.24) is 0 Å². The Morgan fingerprint density at radius 3 is 2.46 bits per heavy atom. The maximum absolute atomic E-state index is 12.1. The highest BCUT2D eigenvalue weighted by atomic mass is 16.5. The zero-order valence-electron chi connectivity index (χ0n) is 13.1. The Labute approximate surface area is 140 Å². The molecule has 1 aliphatic rings. The number of esters is 1. The monoisotopic (exact) mass is 319 g/mol. The van der Waals surface area contributed by atoms with E-state index in [0.29, 0.717) is 6.42 Å². The molecule has 1 unspecified atom stereocenters. The molecule has 3 rings (SSSR count). The molecule has 0 spiro atoms. The fraction of sp³-hybridized carbons (Fsp3) is 0.200. The lowest BCUT2D eigenvalue weighted by Gasteiger charge is -2.21. The summed E-state index contributed by atoms with van der Waals surface area (Å²) in [7, 11) is 0. The van der Waals surface area contributed by atoms with Crippen LogP contribution in [0.15, 0.2) is 48.5 Å². The number of hydrogen-bond donors (Lipinski definition) is 1. The van der Waals surface area contributed by atoms with Crippen molar-refractivity contribution in [3.05, 3.63) is 70.8 Å². The summed E-state index contributed by atoms with van der Waals surface area (Å²) in [6.45, 7) is 0. The summed E-state index contributed by atoms with van der Waals surface area (Å²) in [5, 5.41) is 0. The minimum absolute atomic E-state index is 0.0103. The first-order valence-electron chi connectivity index (χ1n) is 7.80. The third kappa shape index (κ3) is 3.64. The minimum Gasteiger partial charge on any atom is -0.457 e. The van der Waals surface area contributed by atoms with E-state index >= 15 is 0 Å². The smallest absolute Gasteiger partial charge is 0.306 e. The van der Waals surface area contributed by atoms with Crippen molar-refractivity contribution >= 4 is 11.9 Å². The van der Waals surface area contributed by atoms with Gasteiger partial charge >= 0.3 is 5.97 Å². The average Bonchev–Trinajstić information content (AvgIpc) is 2.57. The van der Waals surface area contributed by atoms with Gasteiger partial charge in [-0.3, -0.25) is 9.59 Å². The molecule has 0 saturated carbocycles. The van der Waals surface area contributed by atoms with Gasteiger partial charge in [-0.1, -0.05) is 48.2 Å². The van der Waals surface area contributed by atoms with Crippen LogP contribution in [0.1, 0.15) is 41.2 Å². The van der Waals surface area contributed by atoms with Crippen LogP contribution >= 0.6 is 0 Å². The number of fused-ring (bicyclic) bond motifs is 2. The van der Waals surface area contributed by atoms with Gasteiger partial charge in [-0.2, -0.15) is 0 Å². The topological polar surface area (TPSA) is 69.4 Å². The molecule has 0 fully saturated rings. The molecular formula is C20H17NO3. The second kappa shape index (κ2) is 7.01. The van der Waals surface area contributed by atoms with Gasteiger partial charge in [-0.15, -0.1) is 0 Å². The van der Waals surface area contributed by atoms with Crippen LogP contribution in [-0.2, 0) is 20.7 Å². The fourth-order valence-electron chi connectivity index (χ4n) is 2.70. The van der Waals surface area contributed by atoms with Gasteiger partial charge in [-0.25, -0.2) is 0 Å². The highest BCUT2D eigenvalue weighted by Gasteiger charge is 2.22. The molecule has 1 atom stereocenters. The summed E-state index contributed by atoms with van der Waals surface area (Å²) in [5.74, 6) is 5.40. The van der Waals surface area contributed by atoms with Gasteiger partial charge in [0.2, 0.25) is 5.91 Å². The lowest BCUT2D eigenvalue weighted by molar-refractivity contribution is -0.150. The van der Waals surface area contributed by atoms with E-state index in [0.717, 1.165) is 22.3 Å². The highest BCUT2D eigenvalue weighted by Crippen LogP contribution is 2.28. The molecule has 1 aliphatic carbocycles. The van der Waals surface area contributed by atoms with Gasteiger partial charge in [-0.05, 0) is 17.7 Å². The van der Waals surface area contributed by atoms with E-state index in [-0.39, 0.29) is 12.8 Å². The predicted molar refractivity (Wildman–Crippen MR) is 89.8 cm³/mol. The molecule has 0 heterocycles. The number of carbonyl (C=O) groups excluding carboxylic acids is 2. The molecule has 1 amide bonds. The first kappa shape index (κ1) is 15.8. The Morgan fingerprint density at radius 1 is 1.00 bits per heavy atom. The van der Waals surface area contributed by atoms with Crippen LogP contribution in [-0.4, -0.2) is 11.9 Å². The van der Waals surface area contributed by atoms with Crippen molar-refractivity contribution in [3.8, 4) is 11.8 Å². The van der Waals surface area contributed by atoms with Crippen LogP contribution in [0.25, 0.3) is 0 Å². The molecule has 24 heavy (non-hydrogen) atoms. The first-order valence-corrected chi connectivity index (χ1v) is 7.80. The Kier molecular flexibility index (Phi) is 4.62. The van der Waals surface area contributed by atoms with Crippen molar-refractivity contribution in [1.29, 1.82) is 0 Å². The summed E-state index contributed by atoms with van der Waals surface area (Å²) >= 11 is 0. The van der Waals surface area contributed by atoms with Gasteiger partial charge in [0.1, 0.15) is 6.10 Å². The molecule has 0 aliphatic heterocycles. The fourth-order valence-corrected chi connectivity index (χ4v) is 2.70. The summed E-state index contributed by atoms with van der Waals surface area (Å²) < 4.78 is 5.65. The average molecular weight is 319 g/mol. The molecule has 120 valence electrons. The van der Waals surface area contributed by atoms with E-state index in [1.54, 1.807) is 0 Å². The normalized spacial score (nSPS) is 14.9. The maximum Gasteiger partial charge on any atom is 0.306 e. The molecule has 0 radical (unpaired) electrons. The van der Waals surface area contributed by atoms with Crippen LogP contribution in [0.2, 0.25) is 0 Å². The zero-order chi connectivity index (χ0) is 16.9. The van der Waals surface area contributed by atoms with Crippen LogP contribution in [0.5, 0.6) is 0 Å². The lowest BCUT2D eigenvalue weighted by atomic mass is 9.92. The Bertz CT molecular complexity index is 845. The second-order valence-electron chi connectivity index (χ2n) is 5.64. The Balaban J connectivity index is 1.92. The van der Waals surface area contributed by atoms with E-state index in [2.05, 4.69) is 11.8 Å². The standard InChI is InChI=1S/C20H17NO3/c21-19(22)11-12-20(23)24-18-13-16-7-2-1-5-14(16)9-10-15-6-3-4-8-17(15)18/h1-8,18H,11-13H2,(H2,21,22). The molecule has 0 aromatic heterocycles. The maximum atomic E-state index is 12.1. The largest absolute Gasteiger partial charge is 0.457 e. The molecule has 4 nitrogen and oxygen atoms in total. The molecular weight excluding hydrogens is 302 g/mol. The van der Waals surface area contributed by atoms with E-state index < -0.39 is 18.0 Å². The summed E-state index contributed by atoms with van der Waals surface area (Å²) in [5.41, 5.74) is 8.79. The summed E-state index contributed by atoms with van der Waals surface area (Å²) in [6.07, 6.45) is 0.0899. The number of amides is 1. The minimum atomic E-state index is -0.513. The van der Waals surface area contributed by atoms with Crippen molar-refractivity contribution in [3.63, 3.8) is 0 Å². The van der Waals surface area contributed by atoms with Gasteiger partial charge in [0, 0.05) is 29.5 Å². The Morgan fingerprint density at radius 2 is 1.67 bits per heavy atom. The number of nitrogens with two attached hydrogens (primary N) is 1. The number of benzene rings is 2. The number of hydrogen-bond acceptors (Lipinski definition) is 3. The Hall–Kier alpha value is -3.06. The molecule has 2 aromatic rings. The van der Waals surface area contributed by atoms with E-state index in [1.165, 1.54) is 0 Å². The number of ether oxygens (including phenoxy) is 1. The van der Waals surface area contributed by atoms with Crippen LogP contribution in [0.3, 0.4) is 0 Å². The van der Waals surface area contributed by atoms with Gasteiger partial charge in [0.15, 0.2) is 0 Å². The second-order valence-corrected chi connectivity index (χ2v) is 5.64. The molecule has 0 bridgehead atoms. The van der Waals surface area contributed by atoms with Gasteiger partial charge in [0.05, 0.1) is 6.42 Å². The molecule has 4 heteroatoms. The quantitative estimate of drug-likeness (QED) is 0.695. The summed E-state index contributed by atoms with van der Waals surface area (Å²) in [6, 6.07) is 15.5. The van der Waals surface area contributed by atoms with E-state index in [4.69, 9.17) is 10.5 Å². The number of rotatable bonds is 4. The third-order valence-electron chi connectivity index (χ3n) is 3.91. The first-order chi connectivity index (χ1) is 11.6. The van der Waals surface area contributed by atoms with Crippen molar-refractivity contribution < 1.29 is 14.3 Å². The third-order valence-corrected chi connectivity index (χ3v) is 3.91. The SMILES string of the molecule is NC(=O)CCC(=O)OC1Cc2ccccc2C#Cc2ccccc21. The van der Waals surface area contributed by atoms with E-state index in [1.807, 2.05) is 48.5 Å². The number of carbonyl (C=O) groups is 2. The van der Waals surface area contributed by atoms with Crippen LogP contribution in [0.4, 0.5) is 0 Å². The molecule has 2 aromatic carbocycles. The van der Waals surface area contributed by atoms with Crippen molar-refractivity contribution in [2.75, 3.05) is 0 Å². The van der Waals surface area contributed by atoms with Gasteiger partial charge < -0.3 is 10.5 Å². The van der Waals surface area contributed by atoms with Crippen LogP contribution in [0, 0.1) is 11.8 Å². The predicted octanol–water partition coefficient (Wildman–Crippen LogP) is 2.49. The number of primary amides is 1. The van der Waals surface area contributed by atoms with Crippen molar-refractivity contribution in [2.45, 2.75) is 25.4 Å². The van der Waals surface area contributed by atoms with Crippen LogP contribution < -0.4 is 5.73 Å². The van der Waals surface area contributed by atoms with Gasteiger partial charge in [0.25, 0.3) is 0 Å². The highest BCUT2D eigenvalue weighted by molar-refractivity contribution is 5.80. The zero-order valence-corrected chi connectivity index (χ0v) is 13.1.